The fraction of sp³-hybridized carbons (Fsp3) is 0.875. The van der Waals surface area contributed by atoms with Crippen LogP contribution in [0.5, 0.6) is 0 Å². The maximum absolute atomic E-state index is 10.8. The first kappa shape index (κ1) is 16.9. The van der Waals surface area contributed by atoms with Crippen LogP contribution >= 0.6 is 25.6 Å². The van der Waals surface area contributed by atoms with Crippen LogP contribution < -0.4 is 0 Å². The Morgan fingerprint density at radius 3 is 2.29 bits per heavy atom. The van der Waals surface area contributed by atoms with E-state index >= 15 is 0 Å². The Labute approximate surface area is 108 Å². The molecule has 0 aromatic carbocycles. The molecule has 0 bridgehead atoms. The van der Waals surface area contributed by atoms with Crippen molar-refractivity contribution in [1.82, 2.24) is 3.71 Å². The molecule has 3 nitrogen and oxygen atoms in total. The molecule has 0 aliphatic heterocycles. The monoisotopic (exact) mass is 286 g/mol. The van der Waals surface area contributed by atoms with E-state index in [0.717, 1.165) is 16.6 Å². The molecule has 0 spiro atoms. The summed E-state index contributed by atoms with van der Waals surface area (Å²) in [5, 5.41) is 0. The molecule has 1 amide bonds. The number of amides is 1. The Balaban J connectivity index is 0. The average molecular weight is 287 g/mol. The standard InChI is InChI=1S/C8H17NO2S2.Cu/c1-2-3-4-5-6-7-11-8(10)9(12)13;/h12-13H,2-7H2,1H3;. The molecule has 0 N–H and O–H groups in total. The molecule has 14 heavy (non-hydrogen) atoms. The molecule has 0 aromatic heterocycles. The second-order valence-electron chi connectivity index (χ2n) is 2.82. The van der Waals surface area contributed by atoms with Crippen LogP contribution in [-0.2, 0) is 21.8 Å². The molecule has 0 saturated heterocycles. The van der Waals surface area contributed by atoms with Crippen LogP contribution in [0, 0.1) is 0 Å². The van der Waals surface area contributed by atoms with E-state index in [1.807, 2.05) is 0 Å². The Bertz CT molecular complexity index is 147. The molecule has 0 fully saturated rings. The summed E-state index contributed by atoms with van der Waals surface area (Å²) in [6, 6.07) is 0. The van der Waals surface area contributed by atoms with Crippen LogP contribution in [0.25, 0.3) is 0 Å². The van der Waals surface area contributed by atoms with E-state index < -0.39 is 6.09 Å². The number of nitrogens with zero attached hydrogens (tertiary/aromatic N) is 1. The minimum Gasteiger partial charge on any atom is -0.448 e. The number of carbonyl (C=O) groups excluding carboxylic acids is 1. The fourth-order valence-electron chi connectivity index (χ4n) is 0.923. The number of carbonyl (C=O) groups is 1. The number of hydrogen-bond donors (Lipinski definition) is 2. The molecule has 0 aromatic rings. The van der Waals surface area contributed by atoms with Gasteiger partial charge >= 0.3 is 6.09 Å². The first-order valence-electron chi connectivity index (χ1n) is 4.53. The predicted octanol–water partition coefficient (Wildman–Crippen LogP) is 3.08. The molecule has 6 heteroatoms. The van der Waals surface area contributed by atoms with E-state index in [1.165, 1.54) is 19.3 Å². The molecule has 0 heterocycles. The van der Waals surface area contributed by atoms with Gasteiger partial charge in [0, 0.05) is 17.1 Å². The van der Waals surface area contributed by atoms with Gasteiger partial charge in [-0.3, -0.25) is 0 Å². The molecule has 1 radical (unpaired) electrons. The topological polar surface area (TPSA) is 29.5 Å². The number of unbranched alkanes of at least 4 members (excludes halogenated alkanes) is 4. The summed E-state index contributed by atoms with van der Waals surface area (Å²) >= 11 is 7.35. The molecule has 89 valence electrons. The Hall–Kier alpha value is 0.489. The SMILES string of the molecule is CCCCCCCOC(=O)N(S)S.[Cu]. The van der Waals surface area contributed by atoms with Crippen LogP contribution in [0.4, 0.5) is 4.79 Å². The third kappa shape index (κ3) is 10.6. The summed E-state index contributed by atoms with van der Waals surface area (Å²) < 4.78 is 5.66. The van der Waals surface area contributed by atoms with Crippen molar-refractivity contribution in [3.05, 3.63) is 0 Å². The van der Waals surface area contributed by atoms with E-state index in [1.54, 1.807) is 0 Å². The van der Waals surface area contributed by atoms with E-state index in [0.29, 0.717) is 6.61 Å². The van der Waals surface area contributed by atoms with Gasteiger partial charge < -0.3 is 4.74 Å². The Kier molecular flexibility index (Phi) is 14.0. The van der Waals surface area contributed by atoms with Gasteiger partial charge in [-0.1, -0.05) is 32.6 Å². The van der Waals surface area contributed by atoms with Crippen LogP contribution in [0.15, 0.2) is 0 Å². The van der Waals surface area contributed by atoms with Crippen molar-refractivity contribution in [3.63, 3.8) is 0 Å². The first-order valence-corrected chi connectivity index (χ1v) is 5.33. The second kappa shape index (κ2) is 11.6. The van der Waals surface area contributed by atoms with Gasteiger partial charge in [-0.25, -0.2) is 4.79 Å². The largest absolute Gasteiger partial charge is 0.448 e. The zero-order chi connectivity index (χ0) is 10.1. The summed E-state index contributed by atoms with van der Waals surface area (Å²) in [4.78, 5) is 10.8. The van der Waals surface area contributed by atoms with Gasteiger partial charge in [0.05, 0.1) is 6.61 Å². The first-order chi connectivity index (χ1) is 6.18. The van der Waals surface area contributed by atoms with Crippen molar-refractivity contribution in [2.45, 2.75) is 39.0 Å². The van der Waals surface area contributed by atoms with Crippen molar-refractivity contribution < 1.29 is 26.6 Å². The fourth-order valence-corrected chi connectivity index (χ4v) is 1.04. The summed E-state index contributed by atoms with van der Waals surface area (Å²) in [6.07, 6.45) is 5.20. The second-order valence-corrected chi connectivity index (χ2v) is 3.93. The van der Waals surface area contributed by atoms with Crippen LogP contribution in [0.2, 0.25) is 0 Å². The molecule has 0 saturated carbocycles. The Morgan fingerprint density at radius 1 is 1.21 bits per heavy atom. The van der Waals surface area contributed by atoms with Crippen molar-refractivity contribution in [2.24, 2.45) is 0 Å². The smallest absolute Gasteiger partial charge is 0.429 e. The summed E-state index contributed by atoms with van der Waals surface area (Å²) in [5.74, 6) is 0. The number of ether oxygens (including phenoxy) is 1. The summed E-state index contributed by atoms with van der Waals surface area (Å²) in [6.45, 7) is 2.62. The third-order valence-corrected chi connectivity index (χ3v) is 1.96. The van der Waals surface area contributed by atoms with Gasteiger partial charge in [0.2, 0.25) is 0 Å². The quantitative estimate of drug-likeness (QED) is 0.446. The minimum absolute atomic E-state index is 0. The molecular weight excluding hydrogens is 270 g/mol. The van der Waals surface area contributed by atoms with E-state index in [9.17, 15) is 4.79 Å². The van der Waals surface area contributed by atoms with Gasteiger partial charge in [-0.05, 0) is 32.1 Å². The van der Waals surface area contributed by atoms with Crippen molar-refractivity contribution in [2.75, 3.05) is 6.61 Å². The molecule has 0 aliphatic carbocycles. The van der Waals surface area contributed by atoms with Crippen LogP contribution in [0.1, 0.15) is 39.0 Å². The zero-order valence-electron chi connectivity index (χ0n) is 8.20. The third-order valence-electron chi connectivity index (χ3n) is 1.64. The van der Waals surface area contributed by atoms with Gasteiger partial charge in [0.15, 0.2) is 0 Å². The van der Waals surface area contributed by atoms with Gasteiger partial charge in [0.25, 0.3) is 0 Å². The van der Waals surface area contributed by atoms with Crippen LogP contribution in [0.3, 0.4) is 0 Å². The molecular formula is C8H17CuNO2S2. The molecule has 0 rings (SSSR count). The van der Waals surface area contributed by atoms with Crippen molar-refractivity contribution in [3.8, 4) is 0 Å². The summed E-state index contributed by atoms with van der Waals surface area (Å²) in [7, 11) is 0. The maximum atomic E-state index is 10.8. The van der Waals surface area contributed by atoms with Gasteiger partial charge in [-0.15, -0.1) is 0 Å². The number of rotatable bonds is 6. The molecule has 0 aliphatic rings. The molecule has 0 unspecified atom stereocenters. The van der Waals surface area contributed by atoms with Crippen molar-refractivity contribution in [1.29, 1.82) is 0 Å². The van der Waals surface area contributed by atoms with Crippen LogP contribution in [-0.4, -0.2) is 16.4 Å². The average Bonchev–Trinajstić information content (AvgIpc) is 2.10. The summed E-state index contributed by atoms with van der Waals surface area (Å²) in [5.41, 5.74) is 0. The van der Waals surface area contributed by atoms with Gasteiger partial charge in [-0.2, -0.15) is 3.71 Å². The molecule has 0 atom stereocenters. The van der Waals surface area contributed by atoms with E-state index in [4.69, 9.17) is 4.74 Å². The minimum atomic E-state index is -0.512. The Morgan fingerprint density at radius 2 is 1.79 bits per heavy atom. The number of hydrogen-bond acceptors (Lipinski definition) is 4. The van der Waals surface area contributed by atoms with Crippen molar-refractivity contribution >= 4 is 31.7 Å². The zero-order valence-corrected chi connectivity index (χ0v) is 10.9. The van der Waals surface area contributed by atoms with E-state index in [2.05, 4.69) is 32.6 Å². The normalized spacial score (nSPS) is 9.07. The van der Waals surface area contributed by atoms with Gasteiger partial charge in [0.1, 0.15) is 0 Å². The van der Waals surface area contributed by atoms with E-state index in [-0.39, 0.29) is 17.1 Å². The number of thiol groups is 2. The predicted molar refractivity (Wildman–Crippen MR) is 59.9 cm³/mol. The maximum Gasteiger partial charge on any atom is 0.429 e.